The molecule has 5 aromatic carbocycles. The number of nitrogens with zero attached hydrogens (tertiary/aromatic N) is 1. The predicted molar refractivity (Wildman–Crippen MR) is 159 cm³/mol. The van der Waals surface area contributed by atoms with E-state index < -0.39 is 0 Å². The molecule has 0 atom stereocenters. The smallest absolute Gasteiger partial charge is 0.200 e. The minimum Gasteiger partial charge on any atom is -0.456 e. The van der Waals surface area contributed by atoms with Gasteiger partial charge >= 0.3 is 0 Å². The summed E-state index contributed by atoms with van der Waals surface area (Å²) in [4.78, 5) is 15.4. The van der Waals surface area contributed by atoms with Crippen LogP contribution in [0.25, 0.3) is 33.1 Å². The zero-order valence-electron chi connectivity index (χ0n) is 22.1. The lowest BCUT2D eigenvalue weighted by atomic mass is 10.0. The molecule has 186 valence electrons. The van der Waals surface area contributed by atoms with Gasteiger partial charge < -0.3 is 9.32 Å². The maximum Gasteiger partial charge on any atom is 0.200 e. The van der Waals surface area contributed by atoms with Gasteiger partial charge in [-0.15, -0.1) is 0 Å². The lowest BCUT2D eigenvalue weighted by Crippen LogP contribution is -2.13. The average molecular weight is 496 g/mol. The third-order valence-electron chi connectivity index (χ3n) is 7.20. The normalized spacial score (nSPS) is 11.3. The third-order valence-corrected chi connectivity index (χ3v) is 7.20. The molecule has 0 N–H and O–H groups in total. The molecule has 3 heteroatoms. The Morgan fingerprint density at radius 3 is 1.87 bits per heavy atom. The van der Waals surface area contributed by atoms with Gasteiger partial charge in [0.15, 0.2) is 0 Å². The van der Waals surface area contributed by atoms with Crippen LogP contribution in [0.3, 0.4) is 0 Å². The van der Waals surface area contributed by atoms with E-state index in [0.29, 0.717) is 21.9 Å². The molecular weight excluding hydrogens is 466 g/mol. The van der Waals surface area contributed by atoms with Gasteiger partial charge in [0.2, 0.25) is 5.43 Å². The van der Waals surface area contributed by atoms with Crippen molar-refractivity contribution in [1.29, 1.82) is 0 Å². The Morgan fingerprint density at radius 1 is 0.553 bits per heavy atom. The Balaban J connectivity index is 1.52. The maximum absolute atomic E-state index is 13.0. The molecule has 3 nitrogen and oxygen atoms in total. The van der Waals surface area contributed by atoms with E-state index in [-0.39, 0.29) is 5.43 Å². The highest BCUT2D eigenvalue weighted by molar-refractivity contribution is 5.92. The number of benzene rings is 5. The summed E-state index contributed by atoms with van der Waals surface area (Å²) in [7, 11) is 0. The summed E-state index contributed by atoms with van der Waals surface area (Å²) in [5.74, 6) is 0. The fourth-order valence-corrected chi connectivity index (χ4v) is 5.33. The number of rotatable bonds is 4. The second-order valence-corrected chi connectivity index (χ2v) is 10.1. The van der Waals surface area contributed by atoms with Crippen LogP contribution in [0.5, 0.6) is 0 Å². The summed E-state index contributed by atoms with van der Waals surface area (Å²) in [6, 6.07) is 35.0. The van der Waals surface area contributed by atoms with Gasteiger partial charge in [0, 0.05) is 17.1 Å². The summed E-state index contributed by atoms with van der Waals surface area (Å²) in [5.41, 5.74) is 11.5. The molecule has 0 fully saturated rings. The summed E-state index contributed by atoms with van der Waals surface area (Å²) < 4.78 is 6.15. The summed E-state index contributed by atoms with van der Waals surface area (Å²) in [6.45, 7) is 8.58. The van der Waals surface area contributed by atoms with Crippen molar-refractivity contribution < 1.29 is 4.42 Å². The fourth-order valence-electron chi connectivity index (χ4n) is 5.33. The van der Waals surface area contributed by atoms with Crippen LogP contribution in [0, 0.1) is 27.7 Å². The van der Waals surface area contributed by atoms with Gasteiger partial charge in [-0.25, -0.2) is 0 Å². The molecule has 0 saturated carbocycles. The molecule has 0 aliphatic rings. The first kappa shape index (κ1) is 23.7. The molecule has 6 rings (SSSR count). The minimum atomic E-state index is -0.00183. The van der Waals surface area contributed by atoms with Crippen LogP contribution in [0.2, 0.25) is 0 Å². The lowest BCUT2D eigenvalue weighted by molar-refractivity contribution is 0.660. The monoisotopic (exact) mass is 495 g/mol. The number of anilines is 3. The van der Waals surface area contributed by atoms with Crippen LogP contribution in [0.1, 0.15) is 22.3 Å². The van der Waals surface area contributed by atoms with E-state index in [9.17, 15) is 4.79 Å². The van der Waals surface area contributed by atoms with Crippen molar-refractivity contribution in [3.05, 3.63) is 136 Å². The molecule has 0 saturated heterocycles. The summed E-state index contributed by atoms with van der Waals surface area (Å²) >= 11 is 0. The van der Waals surface area contributed by atoms with Crippen molar-refractivity contribution in [1.82, 2.24) is 0 Å². The van der Waals surface area contributed by atoms with Crippen LogP contribution < -0.4 is 10.3 Å². The van der Waals surface area contributed by atoms with E-state index in [2.05, 4.69) is 93.3 Å². The first-order valence-electron chi connectivity index (χ1n) is 12.9. The van der Waals surface area contributed by atoms with Crippen molar-refractivity contribution >= 4 is 39.0 Å². The SMILES string of the molecule is Cc1ccc(N(c2cccc(-c3ccc4c(=O)c5ccccc5oc4c3)c2)c2ccc(C)cc2C)c(C)c1. The number of fused-ring (bicyclic) bond motifs is 2. The highest BCUT2D eigenvalue weighted by Crippen LogP contribution is 2.40. The topological polar surface area (TPSA) is 33.5 Å². The Hall–Kier alpha value is -4.63. The molecule has 0 unspecified atom stereocenters. The summed E-state index contributed by atoms with van der Waals surface area (Å²) in [6.07, 6.45) is 0. The van der Waals surface area contributed by atoms with Gasteiger partial charge in [-0.2, -0.15) is 0 Å². The maximum atomic E-state index is 13.0. The predicted octanol–water partition coefficient (Wildman–Crippen LogP) is 9.32. The number of hydrogen-bond acceptors (Lipinski definition) is 3. The van der Waals surface area contributed by atoms with Gasteiger partial charge in [-0.1, -0.05) is 65.7 Å². The molecular formula is C35H29NO2. The van der Waals surface area contributed by atoms with Crippen LogP contribution in [0.4, 0.5) is 17.1 Å². The van der Waals surface area contributed by atoms with Gasteiger partial charge in [0.05, 0.1) is 10.8 Å². The highest BCUT2D eigenvalue weighted by Gasteiger charge is 2.18. The molecule has 1 heterocycles. The molecule has 1 aromatic heterocycles. The second-order valence-electron chi connectivity index (χ2n) is 10.1. The van der Waals surface area contributed by atoms with Gasteiger partial charge in [-0.3, -0.25) is 4.79 Å². The van der Waals surface area contributed by atoms with Crippen molar-refractivity contribution in [2.24, 2.45) is 0 Å². The van der Waals surface area contributed by atoms with Gasteiger partial charge in [0.25, 0.3) is 0 Å². The van der Waals surface area contributed by atoms with E-state index in [1.165, 1.54) is 22.3 Å². The van der Waals surface area contributed by atoms with Crippen LogP contribution in [0.15, 0.2) is 112 Å². The Kier molecular flexibility index (Phi) is 5.84. The standard InChI is InChI=1S/C35H29NO2/c1-22-12-16-31(24(3)18-22)36(32-17-13-23(2)19-25(32)4)28-9-7-8-26(20-28)27-14-15-30-34(21-27)38-33-11-6-5-10-29(33)35(30)37/h5-21H,1-4H3. The zero-order chi connectivity index (χ0) is 26.4. The summed E-state index contributed by atoms with van der Waals surface area (Å²) in [5, 5.41) is 1.20. The molecule has 0 bridgehead atoms. The molecule has 0 aliphatic carbocycles. The Morgan fingerprint density at radius 2 is 1.18 bits per heavy atom. The average Bonchev–Trinajstić information content (AvgIpc) is 2.91. The quantitative estimate of drug-likeness (QED) is 0.228. The Bertz CT molecular complexity index is 1850. The molecule has 6 aromatic rings. The fraction of sp³-hybridized carbons (Fsp3) is 0.114. The lowest BCUT2D eigenvalue weighted by Gasteiger charge is -2.29. The number of para-hydroxylation sites is 1. The van der Waals surface area contributed by atoms with Crippen LogP contribution >= 0.6 is 0 Å². The van der Waals surface area contributed by atoms with Crippen molar-refractivity contribution in [2.75, 3.05) is 4.90 Å². The van der Waals surface area contributed by atoms with E-state index in [4.69, 9.17) is 4.42 Å². The van der Waals surface area contributed by atoms with E-state index >= 15 is 0 Å². The number of aryl methyl sites for hydroxylation is 4. The molecule has 0 amide bonds. The van der Waals surface area contributed by atoms with Crippen molar-refractivity contribution in [2.45, 2.75) is 27.7 Å². The van der Waals surface area contributed by atoms with E-state index in [1.54, 1.807) is 0 Å². The zero-order valence-corrected chi connectivity index (χ0v) is 22.1. The first-order chi connectivity index (χ1) is 18.4. The van der Waals surface area contributed by atoms with Crippen LogP contribution in [-0.4, -0.2) is 0 Å². The minimum absolute atomic E-state index is 0.00183. The van der Waals surface area contributed by atoms with Gasteiger partial charge in [-0.05, 0) is 98.5 Å². The first-order valence-corrected chi connectivity index (χ1v) is 12.9. The molecule has 0 radical (unpaired) electrons. The van der Waals surface area contributed by atoms with E-state index in [0.717, 1.165) is 28.2 Å². The van der Waals surface area contributed by atoms with Crippen molar-refractivity contribution in [3.8, 4) is 11.1 Å². The molecule has 0 aliphatic heterocycles. The third kappa shape index (κ3) is 4.16. The number of hydrogen-bond donors (Lipinski definition) is 0. The molecule has 38 heavy (non-hydrogen) atoms. The largest absolute Gasteiger partial charge is 0.456 e. The van der Waals surface area contributed by atoms with Crippen LogP contribution in [-0.2, 0) is 0 Å². The second kappa shape index (κ2) is 9.35. The van der Waals surface area contributed by atoms with E-state index in [1.807, 2.05) is 42.5 Å². The van der Waals surface area contributed by atoms with Gasteiger partial charge in [0.1, 0.15) is 11.2 Å². The molecule has 0 spiro atoms. The Labute approximate surface area is 222 Å². The van der Waals surface area contributed by atoms with Crippen molar-refractivity contribution in [3.63, 3.8) is 0 Å². The highest BCUT2D eigenvalue weighted by atomic mass is 16.3.